The Morgan fingerprint density at radius 2 is 2.12 bits per heavy atom. The number of halogens is 1. The molecule has 2 aromatic rings. The highest BCUT2D eigenvalue weighted by Gasteiger charge is 2.29. The van der Waals surface area contributed by atoms with Gasteiger partial charge in [0.15, 0.2) is 5.78 Å². The number of carbonyl (C=O) groups is 1. The predicted octanol–water partition coefficient (Wildman–Crippen LogP) is 3.33. The van der Waals surface area contributed by atoms with E-state index in [0.29, 0.717) is 22.9 Å². The maximum atomic E-state index is 13.5. The molecular formula is C20H21FN2O2. The van der Waals surface area contributed by atoms with Crippen molar-refractivity contribution < 1.29 is 13.9 Å². The van der Waals surface area contributed by atoms with Gasteiger partial charge in [-0.25, -0.2) is 4.39 Å². The molecule has 2 atom stereocenters. The normalized spacial score (nSPS) is 23.1. The van der Waals surface area contributed by atoms with Gasteiger partial charge < -0.3 is 15.0 Å². The van der Waals surface area contributed by atoms with Crippen molar-refractivity contribution in [3.8, 4) is 5.75 Å². The fraction of sp³-hybridized carbons (Fsp3) is 0.350. The highest BCUT2D eigenvalue weighted by molar-refractivity contribution is 6.00. The van der Waals surface area contributed by atoms with E-state index in [1.54, 1.807) is 12.1 Å². The molecule has 0 spiro atoms. The Hall–Kier alpha value is -2.40. The third-order valence-corrected chi connectivity index (χ3v) is 4.86. The van der Waals surface area contributed by atoms with Crippen molar-refractivity contribution in [1.82, 2.24) is 5.32 Å². The first-order valence-electron chi connectivity index (χ1n) is 8.68. The third-order valence-electron chi connectivity index (χ3n) is 4.86. The number of ether oxygens (including phenoxy) is 1. The maximum absolute atomic E-state index is 13.5. The molecule has 1 fully saturated rings. The molecule has 4 rings (SSSR count). The van der Waals surface area contributed by atoms with Gasteiger partial charge in [0.1, 0.15) is 17.7 Å². The third kappa shape index (κ3) is 3.24. The number of carbonyl (C=O) groups excluding carboxylic acids is 1. The molecule has 130 valence electrons. The van der Waals surface area contributed by atoms with Gasteiger partial charge in [-0.15, -0.1) is 0 Å². The fourth-order valence-corrected chi connectivity index (χ4v) is 3.57. The molecule has 1 saturated heterocycles. The first-order valence-corrected chi connectivity index (χ1v) is 8.68. The van der Waals surface area contributed by atoms with Crippen LogP contribution < -0.4 is 15.0 Å². The molecule has 2 heterocycles. The van der Waals surface area contributed by atoms with Gasteiger partial charge in [0.2, 0.25) is 0 Å². The molecule has 1 N–H and O–H groups in total. The van der Waals surface area contributed by atoms with Gasteiger partial charge in [0.25, 0.3) is 0 Å². The van der Waals surface area contributed by atoms with Crippen LogP contribution in [0.25, 0.3) is 0 Å². The van der Waals surface area contributed by atoms with Gasteiger partial charge in [-0.05, 0) is 42.8 Å². The molecule has 0 aliphatic carbocycles. The van der Waals surface area contributed by atoms with E-state index in [4.69, 9.17) is 4.74 Å². The minimum Gasteiger partial charge on any atom is -0.484 e. The van der Waals surface area contributed by atoms with E-state index < -0.39 is 6.10 Å². The van der Waals surface area contributed by atoms with Gasteiger partial charge in [-0.2, -0.15) is 0 Å². The van der Waals surface area contributed by atoms with Gasteiger partial charge >= 0.3 is 0 Å². The average molecular weight is 340 g/mol. The van der Waals surface area contributed by atoms with E-state index in [1.807, 2.05) is 18.2 Å². The quantitative estimate of drug-likeness (QED) is 0.910. The number of nitrogens with zero attached hydrogens (tertiary/aromatic N) is 1. The molecule has 2 aliphatic rings. The lowest BCUT2D eigenvalue weighted by atomic mass is 9.95. The second kappa shape index (κ2) is 6.48. The minimum absolute atomic E-state index is 0.0422. The summed E-state index contributed by atoms with van der Waals surface area (Å²) in [6.07, 6.45) is -0.196. The van der Waals surface area contributed by atoms with Crippen LogP contribution >= 0.6 is 0 Å². The van der Waals surface area contributed by atoms with E-state index in [-0.39, 0.29) is 18.0 Å². The van der Waals surface area contributed by atoms with Crippen LogP contribution in [0.5, 0.6) is 5.75 Å². The van der Waals surface area contributed by atoms with Gasteiger partial charge in [-0.3, -0.25) is 4.79 Å². The van der Waals surface area contributed by atoms with Crippen LogP contribution in [0.4, 0.5) is 10.1 Å². The Balaban J connectivity index is 1.60. The predicted molar refractivity (Wildman–Crippen MR) is 94.8 cm³/mol. The zero-order chi connectivity index (χ0) is 17.4. The molecule has 4 nitrogen and oxygen atoms in total. The summed E-state index contributed by atoms with van der Waals surface area (Å²) in [5, 5.41) is 3.42. The first-order chi connectivity index (χ1) is 12.1. The number of anilines is 1. The average Bonchev–Trinajstić information content (AvgIpc) is 2.61. The van der Waals surface area contributed by atoms with E-state index >= 15 is 0 Å². The van der Waals surface area contributed by atoms with Crippen LogP contribution in [0.15, 0.2) is 42.5 Å². The lowest BCUT2D eigenvalue weighted by Gasteiger charge is -2.34. The Morgan fingerprint density at radius 3 is 2.92 bits per heavy atom. The van der Waals surface area contributed by atoms with E-state index in [0.717, 1.165) is 25.3 Å². The van der Waals surface area contributed by atoms with E-state index in [2.05, 4.69) is 17.1 Å². The zero-order valence-electron chi connectivity index (χ0n) is 14.2. The number of piperazine rings is 1. The summed E-state index contributed by atoms with van der Waals surface area (Å²) in [6.45, 7) is 4.93. The second-order valence-corrected chi connectivity index (χ2v) is 6.77. The number of hydrogen-bond acceptors (Lipinski definition) is 4. The van der Waals surface area contributed by atoms with Crippen molar-refractivity contribution in [1.29, 1.82) is 0 Å². The molecule has 2 aliphatic heterocycles. The number of fused-ring (bicyclic) bond motifs is 1. The number of rotatable bonds is 2. The largest absolute Gasteiger partial charge is 0.484 e. The Bertz CT molecular complexity index is 808. The minimum atomic E-state index is -0.430. The van der Waals surface area contributed by atoms with E-state index in [1.165, 1.54) is 12.1 Å². The topological polar surface area (TPSA) is 41.6 Å². The lowest BCUT2D eigenvalue weighted by Crippen LogP contribution is -2.49. The number of benzene rings is 2. The summed E-state index contributed by atoms with van der Waals surface area (Å²) < 4.78 is 19.4. The molecular weight excluding hydrogens is 319 g/mol. The highest BCUT2D eigenvalue weighted by atomic mass is 19.1. The number of nitrogens with one attached hydrogen (secondary N) is 1. The maximum Gasteiger partial charge on any atom is 0.170 e. The fourth-order valence-electron chi connectivity index (χ4n) is 3.57. The zero-order valence-corrected chi connectivity index (χ0v) is 14.2. The van der Waals surface area contributed by atoms with Gasteiger partial charge in [-0.1, -0.05) is 12.1 Å². The second-order valence-electron chi connectivity index (χ2n) is 6.77. The van der Waals surface area contributed by atoms with Crippen LogP contribution in [0.3, 0.4) is 0 Å². The molecule has 0 bridgehead atoms. The number of hydrogen-bond donors (Lipinski definition) is 1. The van der Waals surface area contributed by atoms with Crippen LogP contribution in [0, 0.1) is 5.82 Å². The van der Waals surface area contributed by atoms with Crippen LogP contribution in [0.1, 0.15) is 35.4 Å². The van der Waals surface area contributed by atoms with Gasteiger partial charge in [0, 0.05) is 31.4 Å². The Labute approximate surface area is 146 Å². The summed E-state index contributed by atoms with van der Waals surface area (Å²) in [7, 11) is 0. The number of ketones is 1. The van der Waals surface area contributed by atoms with Crippen molar-refractivity contribution in [2.45, 2.75) is 25.5 Å². The summed E-state index contributed by atoms with van der Waals surface area (Å²) in [6, 6.07) is 12.5. The Kier molecular flexibility index (Phi) is 4.17. The highest BCUT2D eigenvalue weighted by Crippen LogP contribution is 2.37. The summed E-state index contributed by atoms with van der Waals surface area (Å²) >= 11 is 0. The molecule has 25 heavy (non-hydrogen) atoms. The van der Waals surface area contributed by atoms with Crippen LogP contribution in [-0.2, 0) is 0 Å². The monoisotopic (exact) mass is 340 g/mol. The summed E-state index contributed by atoms with van der Waals surface area (Å²) in [5.74, 6) is 0.306. The van der Waals surface area contributed by atoms with Crippen molar-refractivity contribution in [2.75, 3.05) is 24.5 Å². The summed E-state index contributed by atoms with van der Waals surface area (Å²) in [4.78, 5) is 14.9. The molecule has 0 saturated carbocycles. The van der Waals surface area contributed by atoms with Crippen molar-refractivity contribution in [3.05, 3.63) is 59.4 Å². The lowest BCUT2D eigenvalue weighted by molar-refractivity contribution is 0.0849. The summed E-state index contributed by atoms with van der Waals surface area (Å²) in [5.41, 5.74) is 2.36. The van der Waals surface area contributed by atoms with E-state index in [9.17, 15) is 9.18 Å². The van der Waals surface area contributed by atoms with Crippen molar-refractivity contribution >= 4 is 11.5 Å². The molecule has 2 aromatic carbocycles. The molecule has 0 amide bonds. The molecule has 5 heteroatoms. The molecule has 0 aromatic heterocycles. The molecule has 0 radical (unpaired) electrons. The van der Waals surface area contributed by atoms with Crippen LogP contribution in [0.2, 0.25) is 0 Å². The van der Waals surface area contributed by atoms with Crippen LogP contribution in [-0.4, -0.2) is 31.5 Å². The molecule has 1 unspecified atom stereocenters. The van der Waals surface area contributed by atoms with Crippen molar-refractivity contribution in [2.24, 2.45) is 0 Å². The van der Waals surface area contributed by atoms with Crippen molar-refractivity contribution in [3.63, 3.8) is 0 Å². The standard InChI is InChI=1S/C20H21FN2O2/c1-13-12-23(8-7-22-13)16-5-6-19-17(10-16)18(24)11-20(25-19)14-3-2-4-15(21)9-14/h2-6,9-10,13,20,22H,7-8,11-12H2,1H3/t13-,20?/m0/s1. The smallest absolute Gasteiger partial charge is 0.170 e. The Morgan fingerprint density at radius 1 is 1.24 bits per heavy atom. The SMILES string of the molecule is C[C@H]1CN(c2ccc3c(c2)C(=O)CC(c2cccc(F)c2)O3)CCN1. The van der Waals surface area contributed by atoms with Gasteiger partial charge in [0.05, 0.1) is 12.0 Å². The first kappa shape index (κ1) is 16.1. The number of Topliss-reactive ketones (excluding diaryl/α,β-unsaturated/α-hetero) is 1.